The number of Topliss-reactive ketones (excluding diaryl/α,β-unsaturated/α-hetero) is 1. The number of para-hydroxylation sites is 1. The molecule has 0 aliphatic carbocycles. The van der Waals surface area contributed by atoms with E-state index >= 15 is 0 Å². The monoisotopic (exact) mass is 475 g/mol. The van der Waals surface area contributed by atoms with E-state index in [9.17, 15) is 9.59 Å². The third kappa shape index (κ3) is 5.37. The summed E-state index contributed by atoms with van der Waals surface area (Å²) in [6.07, 6.45) is 8.34. The molecule has 10 nitrogen and oxygen atoms in total. The van der Waals surface area contributed by atoms with Gasteiger partial charge in [0.05, 0.1) is 57.0 Å². The SMILES string of the molecule is COc1cncc(NC(C(=O)c2c[nH]c3c(CCOC(C)=O)cccc23)c2cnc(OC)cn2)c1. The van der Waals surface area contributed by atoms with Crippen molar-refractivity contribution in [3.8, 4) is 11.6 Å². The smallest absolute Gasteiger partial charge is 0.302 e. The standard InChI is InChI=1S/C25H25N5O5/c1-15(31)35-8-7-16-5-4-6-19-20(12-29-23(16)19)25(32)24(21-13-28-22(34-3)14-27-21)30-17-9-18(33-2)11-26-10-17/h4-6,9-14,24,29-30H,7-8H2,1-3H3. The van der Waals surface area contributed by atoms with E-state index < -0.39 is 6.04 Å². The Morgan fingerprint density at radius 2 is 1.94 bits per heavy atom. The van der Waals surface area contributed by atoms with Crippen LogP contribution in [0.4, 0.5) is 5.69 Å². The minimum Gasteiger partial charge on any atom is -0.495 e. The van der Waals surface area contributed by atoms with E-state index in [1.54, 1.807) is 31.8 Å². The van der Waals surface area contributed by atoms with Gasteiger partial charge in [0, 0.05) is 42.1 Å². The van der Waals surface area contributed by atoms with Crippen LogP contribution in [0.5, 0.6) is 11.6 Å². The number of nitrogens with one attached hydrogen (secondary N) is 2. The van der Waals surface area contributed by atoms with E-state index in [4.69, 9.17) is 14.2 Å². The summed E-state index contributed by atoms with van der Waals surface area (Å²) >= 11 is 0. The summed E-state index contributed by atoms with van der Waals surface area (Å²) in [5, 5.41) is 3.97. The number of hydrogen-bond donors (Lipinski definition) is 2. The van der Waals surface area contributed by atoms with Crippen molar-refractivity contribution in [2.45, 2.75) is 19.4 Å². The Morgan fingerprint density at radius 3 is 2.66 bits per heavy atom. The van der Waals surface area contributed by atoms with Crippen molar-refractivity contribution in [2.24, 2.45) is 0 Å². The molecule has 3 aromatic heterocycles. The Hall–Kier alpha value is -4.47. The maximum atomic E-state index is 13.8. The molecule has 4 rings (SSSR count). The van der Waals surface area contributed by atoms with Crippen molar-refractivity contribution in [3.05, 3.63) is 72.1 Å². The second-order valence-corrected chi connectivity index (χ2v) is 7.67. The number of hydrogen-bond acceptors (Lipinski definition) is 9. The van der Waals surface area contributed by atoms with Gasteiger partial charge in [-0.1, -0.05) is 18.2 Å². The molecule has 0 fully saturated rings. The van der Waals surface area contributed by atoms with Crippen LogP contribution in [0.1, 0.15) is 34.6 Å². The van der Waals surface area contributed by atoms with E-state index in [0.29, 0.717) is 35.0 Å². The molecule has 3 heterocycles. The number of anilines is 1. The van der Waals surface area contributed by atoms with E-state index in [2.05, 4.69) is 25.3 Å². The Bertz CT molecular complexity index is 1340. The van der Waals surface area contributed by atoms with Crippen molar-refractivity contribution >= 4 is 28.3 Å². The van der Waals surface area contributed by atoms with Crippen molar-refractivity contribution in [2.75, 3.05) is 26.1 Å². The molecule has 35 heavy (non-hydrogen) atoms. The lowest BCUT2D eigenvalue weighted by atomic mass is 9.99. The number of pyridine rings is 1. The second-order valence-electron chi connectivity index (χ2n) is 7.67. The van der Waals surface area contributed by atoms with E-state index in [0.717, 1.165) is 16.5 Å². The summed E-state index contributed by atoms with van der Waals surface area (Å²) in [5.74, 6) is 0.343. The predicted molar refractivity (Wildman–Crippen MR) is 129 cm³/mol. The number of ether oxygens (including phenoxy) is 3. The van der Waals surface area contributed by atoms with Gasteiger partial charge in [0.2, 0.25) is 5.88 Å². The first-order chi connectivity index (χ1) is 17.0. The number of carbonyl (C=O) groups is 2. The van der Waals surface area contributed by atoms with Crippen LogP contribution in [0.25, 0.3) is 10.9 Å². The molecule has 0 aliphatic rings. The van der Waals surface area contributed by atoms with Gasteiger partial charge in [0.25, 0.3) is 0 Å². The molecule has 4 aromatic rings. The molecule has 1 atom stereocenters. The van der Waals surface area contributed by atoms with Crippen molar-refractivity contribution in [3.63, 3.8) is 0 Å². The Balaban J connectivity index is 1.70. The number of fused-ring (bicyclic) bond motifs is 1. The van der Waals surface area contributed by atoms with Crippen LogP contribution in [0.3, 0.4) is 0 Å². The van der Waals surface area contributed by atoms with E-state index in [1.165, 1.54) is 26.4 Å². The average Bonchev–Trinajstić information content (AvgIpc) is 3.32. The highest BCUT2D eigenvalue weighted by atomic mass is 16.5. The number of rotatable bonds is 10. The summed E-state index contributed by atoms with van der Waals surface area (Å²) in [4.78, 5) is 40.9. The zero-order valence-corrected chi connectivity index (χ0v) is 19.6. The number of H-pyrrole nitrogens is 1. The van der Waals surface area contributed by atoms with Gasteiger partial charge in [-0.05, 0) is 5.56 Å². The molecular formula is C25H25N5O5. The zero-order chi connectivity index (χ0) is 24.8. The summed E-state index contributed by atoms with van der Waals surface area (Å²) in [5.41, 5.74) is 3.24. The number of nitrogens with zero attached hydrogens (tertiary/aromatic N) is 3. The van der Waals surface area contributed by atoms with Gasteiger partial charge in [-0.15, -0.1) is 0 Å². The minimum atomic E-state index is -0.856. The molecule has 10 heteroatoms. The summed E-state index contributed by atoms with van der Waals surface area (Å²) in [6, 6.07) is 6.57. The van der Waals surface area contributed by atoms with Gasteiger partial charge >= 0.3 is 5.97 Å². The fourth-order valence-electron chi connectivity index (χ4n) is 3.72. The van der Waals surface area contributed by atoms with Gasteiger partial charge in [0.1, 0.15) is 11.8 Å². The quantitative estimate of drug-likeness (QED) is 0.261. The minimum absolute atomic E-state index is 0.212. The number of aromatic nitrogens is 4. The maximum absolute atomic E-state index is 13.8. The van der Waals surface area contributed by atoms with Crippen LogP contribution in [0.2, 0.25) is 0 Å². The number of aromatic amines is 1. The molecule has 0 saturated heterocycles. The number of benzene rings is 1. The molecule has 1 aromatic carbocycles. The van der Waals surface area contributed by atoms with Gasteiger partial charge in [-0.3, -0.25) is 19.6 Å². The maximum Gasteiger partial charge on any atom is 0.302 e. The molecular weight excluding hydrogens is 450 g/mol. The number of ketones is 1. The van der Waals surface area contributed by atoms with Crippen LogP contribution in [0.15, 0.2) is 55.2 Å². The first-order valence-electron chi connectivity index (χ1n) is 10.9. The van der Waals surface area contributed by atoms with Gasteiger partial charge in [-0.2, -0.15) is 0 Å². The molecule has 0 bridgehead atoms. The van der Waals surface area contributed by atoms with Crippen LogP contribution in [-0.2, 0) is 16.0 Å². The fourth-order valence-corrected chi connectivity index (χ4v) is 3.72. The molecule has 2 N–H and O–H groups in total. The first kappa shape index (κ1) is 23.7. The third-order valence-corrected chi connectivity index (χ3v) is 5.42. The fraction of sp³-hybridized carbons (Fsp3) is 0.240. The molecule has 180 valence electrons. The number of esters is 1. The highest BCUT2D eigenvalue weighted by Crippen LogP contribution is 2.29. The Morgan fingerprint density at radius 1 is 1.09 bits per heavy atom. The van der Waals surface area contributed by atoms with Crippen molar-refractivity contribution < 1.29 is 23.8 Å². The van der Waals surface area contributed by atoms with Crippen LogP contribution in [-0.4, -0.2) is 52.5 Å². The summed E-state index contributed by atoms with van der Waals surface area (Å²) in [7, 11) is 3.04. The largest absolute Gasteiger partial charge is 0.495 e. The predicted octanol–water partition coefficient (Wildman–Crippen LogP) is 3.51. The third-order valence-electron chi connectivity index (χ3n) is 5.42. The van der Waals surface area contributed by atoms with Crippen LogP contribution >= 0.6 is 0 Å². The van der Waals surface area contributed by atoms with Gasteiger partial charge in [0.15, 0.2) is 5.78 Å². The summed E-state index contributed by atoms with van der Waals surface area (Å²) in [6.45, 7) is 1.63. The summed E-state index contributed by atoms with van der Waals surface area (Å²) < 4.78 is 15.4. The van der Waals surface area contributed by atoms with E-state index in [-0.39, 0.29) is 18.4 Å². The molecule has 1 unspecified atom stereocenters. The lowest BCUT2D eigenvalue weighted by Gasteiger charge is -2.18. The molecule has 0 radical (unpaired) electrons. The first-order valence-corrected chi connectivity index (χ1v) is 10.9. The molecule has 0 aliphatic heterocycles. The normalized spacial score (nSPS) is 11.6. The lowest BCUT2D eigenvalue weighted by Crippen LogP contribution is -2.22. The van der Waals surface area contributed by atoms with Crippen molar-refractivity contribution in [1.29, 1.82) is 0 Å². The Kier molecular flexibility index (Phi) is 7.20. The van der Waals surface area contributed by atoms with E-state index in [1.807, 2.05) is 18.2 Å². The average molecular weight is 476 g/mol. The van der Waals surface area contributed by atoms with Gasteiger partial charge in [-0.25, -0.2) is 4.98 Å². The number of carbonyl (C=O) groups excluding carboxylic acids is 2. The van der Waals surface area contributed by atoms with Gasteiger partial charge < -0.3 is 24.5 Å². The van der Waals surface area contributed by atoms with Crippen molar-refractivity contribution in [1.82, 2.24) is 19.9 Å². The molecule has 0 spiro atoms. The zero-order valence-electron chi connectivity index (χ0n) is 19.6. The Labute approximate surface area is 201 Å². The topological polar surface area (TPSA) is 128 Å². The lowest BCUT2D eigenvalue weighted by molar-refractivity contribution is -0.140. The van der Waals surface area contributed by atoms with Crippen LogP contribution < -0.4 is 14.8 Å². The highest BCUT2D eigenvalue weighted by molar-refractivity contribution is 6.11. The highest BCUT2D eigenvalue weighted by Gasteiger charge is 2.27. The van der Waals surface area contributed by atoms with Crippen LogP contribution in [0, 0.1) is 0 Å². The second kappa shape index (κ2) is 10.6. The molecule has 0 saturated carbocycles. The number of methoxy groups -OCH3 is 2. The molecule has 0 amide bonds.